The lowest BCUT2D eigenvalue weighted by molar-refractivity contribution is -0.146. The van der Waals surface area contributed by atoms with Crippen LogP contribution in [0.25, 0.3) is 6.08 Å². The molecule has 0 saturated heterocycles. The molecule has 0 unspecified atom stereocenters. The van der Waals surface area contributed by atoms with Crippen LogP contribution < -0.4 is 0 Å². The number of ether oxygens (including phenoxy) is 2. The Morgan fingerprint density at radius 3 is 2.00 bits per heavy atom. The molecule has 21 heavy (non-hydrogen) atoms. The number of hydrogen-bond acceptors (Lipinski definition) is 4. The van der Waals surface area contributed by atoms with E-state index in [9.17, 15) is 9.59 Å². The van der Waals surface area contributed by atoms with Gasteiger partial charge < -0.3 is 9.47 Å². The first kappa shape index (κ1) is 17.0. The predicted octanol–water partition coefficient (Wildman–Crippen LogP) is 3.22. The average molecular weight is 290 g/mol. The van der Waals surface area contributed by atoms with E-state index in [1.807, 2.05) is 42.5 Å². The minimum absolute atomic E-state index is 0.177. The van der Waals surface area contributed by atoms with E-state index in [0.717, 1.165) is 5.56 Å². The Morgan fingerprint density at radius 2 is 1.52 bits per heavy atom. The zero-order chi connectivity index (χ0) is 15.5. The van der Waals surface area contributed by atoms with Gasteiger partial charge in [0.15, 0.2) is 0 Å². The largest absolute Gasteiger partial charge is 0.466 e. The van der Waals surface area contributed by atoms with Crippen LogP contribution in [0.1, 0.15) is 32.3 Å². The fourth-order valence-corrected chi connectivity index (χ4v) is 1.89. The van der Waals surface area contributed by atoms with Gasteiger partial charge in [0.1, 0.15) is 0 Å². The quantitative estimate of drug-likeness (QED) is 0.690. The molecule has 1 aromatic carbocycles. The maximum Gasteiger partial charge on any atom is 0.306 e. The van der Waals surface area contributed by atoms with Crippen molar-refractivity contribution in [3.63, 3.8) is 0 Å². The monoisotopic (exact) mass is 290 g/mol. The zero-order valence-corrected chi connectivity index (χ0v) is 12.6. The van der Waals surface area contributed by atoms with Crippen LogP contribution in [0.5, 0.6) is 0 Å². The molecule has 0 aliphatic carbocycles. The minimum Gasteiger partial charge on any atom is -0.466 e. The van der Waals surface area contributed by atoms with E-state index in [0.29, 0.717) is 13.2 Å². The first-order chi connectivity index (χ1) is 10.2. The molecule has 1 rings (SSSR count). The molecule has 0 aliphatic rings. The van der Waals surface area contributed by atoms with Crippen LogP contribution in [0, 0.1) is 5.92 Å². The lowest BCUT2D eigenvalue weighted by Gasteiger charge is -2.11. The van der Waals surface area contributed by atoms with Gasteiger partial charge in [-0.3, -0.25) is 9.59 Å². The number of esters is 2. The standard InChI is InChI=1S/C17H22O4/c1-3-20-16(18)12-15(13-17(19)21-4-2)11-10-14-8-6-5-7-9-14/h5-11,15H,3-4,12-13H2,1-2H3/b11-10+. The summed E-state index contributed by atoms with van der Waals surface area (Å²) in [6.45, 7) is 4.21. The lowest BCUT2D eigenvalue weighted by atomic mass is 9.99. The number of hydrogen-bond donors (Lipinski definition) is 0. The van der Waals surface area contributed by atoms with Crippen LogP contribution in [0.3, 0.4) is 0 Å². The lowest BCUT2D eigenvalue weighted by Crippen LogP contribution is -2.15. The van der Waals surface area contributed by atoms with Crippen LogP contribution in [0.2, 0.25) is 0 Å². The van der Waals surface area contributed by atoms with Gasteiger partial charge in [0.25, 0.3) is 0 Å². The molecule has 4 nitrogen and oxygen atoms in total. The number of carbonyl (C=O) groups is 2. The molecule has 0 radical (unpaired) electrons. The fourth-order valence-electron chi connectivity index (χ4n) is 1.89. The average Bonchev–Trinajstić information content (AvgIpc) is 2.46. The summed E-state index contributed by atoms with van der Waals surface area (Å²) in [5.41, 5.74) is 1.02. The molecule has 1 aromatic rings. The Bertz CT molecular complexity index is 445. The number of allylic oxidation sites excluding steroid dienone is 1. The van der Waals surface area contributed by atoms with E-state index in [1.54, 1.807) is 13.8 Å². The van der Waals surface area contributed by atoms with Crippen LogP contribution >= 0.6 is 0 Å². The molecular formula is C17H22O4. The summed E-state index contributed by atoms with van der Waals surface area (Å²) < 4.78 is 9.88. The van der Waals surface area contributed by atoms with Crippen molar-refractivity contribution in [2.24, 2.45) is 5.92 Å². The van der Waals surface area contributed by atoms with Crippen LogP contribution in [0.4, 0.5) is 0 Å². The number of rotatable bonds is 8. The molecule has 114 valence electrons. The molecule has 0 saturated carbocycles. The highest BCUT2D eigenvalue weighted by molar-refractivity contribution is 5.74. The van der Waals surface area contributed by atoms with Gasteiger partial charge in [0.05, 0.1) is 26.1 Å². The van der Waals surface area contributed by atoms with Crippen molar-refractivity contribution >= 4 is 18.0 Å². The maximum atomic E-state index is 11.6. The maximum absolute atomic E-state index is 11.6. The van der Waals surface area contributed by atoms with Crippen molar-refractivity contribution in [2.75, 3.05) is 13.2 Å². The summed E-state index contributed by atoms with van der Waals surface area (Å²) in [4.78, 5) is 23.2. The van der Waals surface area contributed by atoms with E-state index >= 15 is 0 Å². The summed E-state index contributed by atoms with van der Waals surface area (Å²) >= 11 is 0. The summed E-state index contributed by atoms with van der Waals surface area (Å²) in [6, 6.07) is 9.73. The zero-order valence-electron chi connectivity index (χ0n) is 12.6. The van der Waals surface area contributed by atoms with Gasteiger partial charge in [0, 0.05) is 0 Å². The van der Waals surface area contributed by atoms with Crippen molar-refractivity contribution in [3.05, 3.63) is 42.0 Å². The van der Waals surface area contributed by atoms with Crippen LogP contribution in [-0.4, -0.2) is 25.2 Å². The van der Waals surface area contributed by atoms with Gasteiger partial charge in [-0.25, -0.2) is 0 Å². The summed E-state index contributed by atoms with van der Waals surface area (Å²) in [5, 5.41) is 0. The third kappa shape index (κ3) is 7.30. The van der Waals surface area contributed by atoms with E-state index < -0.39 is 0 Å². The first-order valence-electron chi connectivity index (χ1n) is 7.20. The molecule has 0 aliphatic heterocycles. The van der Waals surface area contributed by atoms with Gasteiger partial charge in [-0.1, -0.05) is 42.5 Å². The molecular weight excluding hydrogens is 268 g/mol. The van der Waals surface area contributed by atoms with Gasteiger partial charge in [-0.2, -0.15) is 0 Å². The second-order valence-corrected chi connectivity index (χ2v) is 4.55. The van der Waals surface area contributed by atoms with Crippen LogP contribution in [0.15, 0.2) is 36.4 Å². The second kappa shape index (κ2) is 9.75. The van der Waals surface area contributed by atoms with Gasteiger partial charge in [0.2, 0.25) is 0 Å². The highest BCUT2D eigenvalue weighted by Gasteiger charge is 2.16. The first-order valence-corrected chi connectivity index (χ1v) is 7.20. The third-order valence-electron chi connectivity index (χ3n) is 2.83. The molecule has 0 atom stereocenters. The Morgan fingerprint density at radius 1 is 1.00 bits per heavy atom. The fraction of sp³-hybridized carbons (Fsp3) is 0.412. The number of carbonyl (C=O) groups excluding carboxylic acids is 2. The Kier molecular flexibility index (Phi) is 7.87. The van der Waals surface area contributed by atoms with E-state index in [1.165, 1.54) is 0 Å². The third-order valence-corrected chi connectivity index (χ3v) is 2.83. The number of benzene rings is 1. The molecule has 0 fully saturated rings. The summed E-state index contributed by atoms with van der Waals surface area (Å²) in [7, 11) is 0. The van der Waals surface area contributed by atoms with Crippen molar-refractivity contribution in [1.82, 2.24) is 0 Å². The van der Waals surface area contributed by atoms with E-state index in [2.05, 4.69) is 0 Å². The van der Waals surface area contributed by atoms with E-state index in [4.69, 9.17) is 9.47 Å². The highest BCUT2D eigenvalue weighted by Crippen LogP contribution is 2.15. The van der Waals surface area contributed by atoms with Crippen molar-refractivity contribution in [3.8, 4) is 0 Å². The summed E-state index contributed by atoms with van der Waals surface area (Å²) in [6.07, 6.45) is 4.12. The highest BCUT2D eigenvalue weighted by atomic mass is 16.5. The summed E-state index contributed by atoms with van der Waals surface area (Å²) in [5.74, 6) is -0.822. The Balaban J connectivity index is 2.68. The molecule has 0 heterocycles. The van der Waals surface area contributed by atoms with Crippen molar-refractivity contribution in [1.29, 1.82) is 0 Å². The molecule has 0 bridgehead atoms. The Labute approximate surface area is 125 Å². The van der Waals surface area contributed by atoms with Crippen LogP contribution in [-0.2, 0) is 19.1 Å². The second-order valence-electron chi connectivity index (χ2n) is 4.55. The van der Waals surface area contributed by atoms with E-state index in [-0.39, 0.29) is 30.7 Å². The Hall–Kier alpha value is -2.10. The molecule has 0 N–H and O–H groups in total. The van der Waals surface area contributed by atoms with Gasteiger partial charge in [-0.05, 0) is 25.3 Å². The van der Waals surface area contributed by atoms with Crippen molar-refractivity contribution in [2.45, 2.75) is 26.7 Å². The van der Waals surface area contributed by atoms with Crippen molar-refractivity contribution < 1.29 is 19.1 Å². The predicted molar refractivity (Wildman–Crippen MR) is 81.5 cm³/mol. The molecule has 0 spiro atoms. The molecule has 4 heteroatoms. The molecule has 0 aromatic heterocycles. The van der Waals surface area contributed by atoms with Gasteiger partial charge >= 0.3 is 11.9 Å². The minimum atomic E-state index is -0.301. The SMILES string of the molecule is CCOC(=O)CC(/C=C/c1ccccc1)CC(=O)OCC. The molecule has 0 amide bonds. The topological polar surface area (TPSA) is 52.6 Å². The normalized spacial score (nSPS) is 10.8. The van der Waals surface area contributed by atoms with Gasteiger partial charge in [-0.15, -0.1) is 0 Å². The smallest absolute Gasteiger partial charge is 0.306 e.